The zero-order valence-corrected chi connectivity index (χ0v) is 11.1. The molecule has 0 fully saturated rings. The van der Waals surface area contributed by atoms with E-state index >= 15 is 0 Å². The number of ether oxygens (including phenoxy) is 1. The lowest BCUT2D eigenvalue weighted by atomic mass is 10.1. The summed E-state index contributed by atoms with van der Waals surface area (Å²) in [5, 5.41) is 3.33. The van der Waals surface area contributed by atoms with E-state index < -0.39 is 0 Å². The normalized spacial score (nSPS) is 12.4. The zero-order chi connectivity index (χ0) is 13.0. The second-order valence-corrected chi connectivity index (χ2v) is 4.24. The zero-order valence-electron chi connectivity index (χ0n) is 11.1. The molecule has 18 heavy (non-hydrogen) atoms. The van der Waals surface area contributed by atoms with Crippen molar-refractivity contribution in [3.8, 4) is 5.75 Å². The predicted octanol–water partition coefficient (Wildman–Crippen LogP) is 2.16. The molecule has 1 aromatic heterocycles. The number of methoxy groups -OCH3 is 1. The van der Waals surface area contributed by atoms with Crippen LogP contribution in [0.1, 0.15) is 17.4 Å². The molecule has 1 N–H and O–H groups in total. The highest BCUT2D eigenvalue weighted by molar-refractivity contribution is 5.30. The number of hydrogen-bond acceptors (Lipinski definition) is 3. The van der Waals surface area contributed by atoms with Gasteiger partial charge in [0.2, 0.25) is 0 Å². The van der Waals surface area contributed by atoms with Crippen molar-refractivity contribution < 1.29 is 4.74 Å². The standard InChI is InChI=1S/C14H19N3O/c1-11-16-7-8-17(11)10-14(15-2)12-5-4-6-13(9-12)18-3/h4-9,14-15H,10H2,1-3H3. The van der Waals surface area contributed by atoms with Gasteiger partial charge in [0.15, 0.2) is 0 Å². The topological polar surface area (TPSA) is 39.1 Å². The van der Waals surface area contributed by atoms with Crippen molar-refractivity contribution in [2.24, 2.45) is 0 Å². The van der Waals surface area contributed by atoms with Gasteiger partial charge in [-0.3, -0.25) is 0 Å². The number of nitrogens with zero attached hydrogens (tertiary/aromatic N) is 2. The van der Waals surface area contributed by atoms with E-state index in [-0.39, 0.29) is 6.04 Å². The van der Waals surface area contributed by atoms with Gasteiger partial charge in [-0.2, -0.15) is 0 Å². The smallest absolute Gasteiger partial charge is 0.119 e. The molecule has 4 heteroatoms. The summed E-state index contributed by atoms with van der Waals surface area (Å²) in [4.78, 5) is 4.24. The third-order valence-corrected chi connectivity index (χ3v) is 3.15. The summed E-state index contributed by atoms with van der Waals surface area (Å²) in [6, 6.07) is 8.38. The Balaban J connectivity index is 2.20. The molecule has 4 nitrogen and oxygen atoms in total. The van der Waals surface area contributed by atoms with Crippen LogP contribution >= 0.6 is 0 Å². The highest BCUT2D eigenvalue weighted by Gasteiger charge is 2.11. The second-order valence-electron chi connectivity index (χ2n) is 4.24. The molecule has 0 aliphatic rings. The molecule has 0 aliphatic heterocycles. The summed E-state index contributed by atoms with van der Waals surface area (Å²) >= 11 is 0. The van der Waals surface area contributed by atoms with Crippen molar-refractivity contribution in [1.82, 2.24) is 14.9 Å². The van der Waals surface area contributed by atoms with Crippen molar-refractivity contribution in [3.05, 3.63) is 48.0 Å². The first kappa shape index (κ1) is 12.6. The average Bonchev–Trinajstić information content (AvgIpc) is 2.81. The molecule has 96 valence electrons. The van der Waals surface area contributed by atoms with Gasteiger partial charge in [0.05, 0.1) is 13.2 Å². The number of nitrogens with one attached hydrogen (secondary N) is 1. The van der Waals surface area contributed by atoms with E-state index in [1.807, 2.05) is 38.5 Å². The highest BCUT2D eigenvalue weighted by Crippen LogP contribution is 2.20. The van der Waals surface area contributed by atoms with E-state index in [1.54, 1.807) is 7.11 Å². The molecule has 1 unspecified atom stereocenters. The van der Waals surface area contributed by atoms with Gasteiger partial charge < -0.3 is 14.6 Å². The van der Waals surface area contributed by atoms with E-state index in [9.17, 15) is 0 Å². The van der Waals surface area contributed by atoms with E-state index in [1.165, 1.54) is 5.56 Å². The Morgan fingerprint density at radius 3 is 2.89 bits per heavy atom. The van der Waals surface area contributed by atoms with Crippen LogP contribution in [0.5, 0.6) is 5.75 Å². The minimum absolute atomic E-state index is 0.244. The first-order chi connectivity index (χ1) is 8.74. The molecule has 0 saturated heterocycles. The van der Waals surface area contributed by atoms with Crippen LogP contribution < -0.4 is 10.1 Å². The summed E-state index contributed by atoms with van der Waals surface area (Å²) in [5.74, 6) is 1.91. The van der Waals surface area contributed by atoms with Gasteiger partial charge in [0, 0.05) is 18.9 Å². The number of benzene rings is 1. The number of imidazole rings is 1. The Hall–Kier alpha value is -1.81. The molecular formula is C14H19N3O. The summed E-state index contributed by atoms with van der Waals surface area (Å²) in [5.41, 5.74) is 1.21. The lowest BCUT2D eigenvalue weighted by Crippen LogP contribution is -2.22. The fourth-order valence-corrected chi connectivity index (χ4v) is 2.01. The minimum Gasteiger partial charge on any atom is -0.497 e. The molecule has 0 amide bonds. The Bertz CT molecular complexity index is 507. The lowest BCUT2D eigenvalue weighted by Gasteiger charge is -2.18. The molecule has 0 spiro atoms. The van der Waals surface area contributed by atoms with Crippen LogP contribution in [-0.2, 0) is 6.54 Å². The highest BCUT2D eigenvalue weighted by atomic mass is 16.5. The number of aromatic nitrogens is 2. The van der Waals surface area contributed by atoms with Gasteiger partial charge >= 0.3 is 0 Å². The predicted molar refractivity (Wildman–Crippen MR) is 71.8 cm³/mol. The first-order valence-electron chi connectivity index (χ1n) is 6.03. The second kappa shape index (κ2) is 5.69. The van der Waals surface area contributed by atoms with Gasteiger partial charge in [0.25, 0.3) is 0 Å². The number of aryl methyl sites for hydroxylation is 1. The van der Waals surface area contributed by atoms with Gasteiger partial charge in [-0.05, 0) is 31.7 Å². The van der Waals surface area contributed by atoms with Crippen LogP contribution in [0.3, 0.4) is 0 Å². The molecule has 1 heterocycles. The summed E-state index contributed by atoms with van der Waals surface area (Å²) < 4.78 is 7.40. The van der Waals surface area contributed by atoms with E-state index in [4.69, 9.17) is 4.74 Å². The maximum atomic E-state index is 5.26. The Kier molecular flexibility index (Phi) is 3.99. The SMILES string of the molecule is CNC(Cn1ccnc1C)c1cccc(OC)c1. The van der Waals surface area contributed by atoms with E-state index in [2.05, 4.69) is 27.0 Å². The lowest BCUT2D eigenvalue weighted by molar-refractivity contribution is 0.412. The molecule has 0 bridgehead atoms. The third-order valence-electron chi connectivity index (χ3n) is 3.15. The Morgan fingerprint density at radius 1 is 1.44 bits per heavy atom. The van der Waals surface area contributed by atoms with Gasteiger partial charge in [-0.1, -0.05) is 12.1 Å². The van der Waals surface area contributed by atoms with Crippen LogP contribution in [0.4, 0.5) is 0 Å². The Labute approximate surface area is 108 Å². The van der Waals surface area contributed by atoms with Crippen LogP contribution in [-0.4, -0.2) is 23.7 Å². The maximum absolute atomic E-state index is 5.26. The fraction of sp³-hybridized carbons (Fsp3) is 0.357. The average molecular weight is 245 g/mol. The largest absolute Gasteiger partial charge is 0.497 e. The molecule has 1 atom stereocenters. The third kappa shape index (κ3) is 2.71. The summed E-state index contributed by atoms with van der Waals surface area (Å²) in [7, 11) is 3.66. The van der Waals surface area contributed by atoms with Crippen LogP contribution in [0.15, 0.2) is 36.7 Å². The number of likely N-dealkylation sites (N-methyl/N-ethyl adjacent to an activating group) is 1. The quantitative estimate of drug-likeness (QED) is 0.877. The molecule has 0 saturated carbocycles. The van der Waals surface area contributed by atoms with Gasteiger partial charge in [-0.25, -0.2) is 4.98 Å². The Morgan fingerprint density at radius 2 is 2.28 bits per heavy atom. The van der Waals surface area contributed by atoms with E-state index in [0.29, 0.717) is 0 Å². The van der Waals surface area contributed by atoms with E-state index in [0.717, 1.165) is 18.1 Å². The van der Waals surface area contributed by atoms with Crippen molar-refractivity contribution in [3.63, 3.8) is 0 Å². The molecule has 1 aromatic carbocycles. The van der Waals surface area contributed by atoms with Crippen LogP contribution in [0.2, 0.25) is 0 Å². The molecule has 0 aliphatic carbocycles. The maximum Gasteiger partial charge on any atom is 0.119 e. The fourth-order valence-electron chi connectivity index (χ4n) is 2.01. The monoisotopic (exact) mass is 245 g/mol. The minimum atomic E-state index is 0.244. The van der Waals surface area contributed by atoms with Crippen LogP contribution in [0.25, 0.3) is 0 Å². The summed E-state index contributed by atoms with van der Waals surface area (Å²) in [6.07, 6.45) is 3.83. The number of rotatable bonds is 5. The van der Waals surface area contributed by atoms with Crippen molar-refractivity contribution in [1.29, 1.82) is 0 Å². The number of hydrogen-bond donors (Lipinski definition) is 1. The van der Waals surface area contributed by atoms with Crippen molar-refractivity contribution in [2.45, 2.75) is 19.5 Å². The molecule has 0 radical (unpaired) electrons. The van der Waals surface area contributed by atoms with Gasteiger partial charge in [0.1, 0.15) is 11.6 Å². The van der Waals surface area contributed by atoms with Crippen molar-refractivity contribution >= 4 is 0 Å². The van der Waals surface area contributed by atoms with Crippen molar-refractivity contribution in [2.75, 3.05) is 14.2 Å². The summed E-state index contributed by atoms with van der Waals surface area (Å²) in [6.45, 7) is 2.87. The molecular weight excluding hydrogens is 226 g/mol. The van der Waals surface area contributed by atoms with Crippen LogP contribution in [0, 0.1) is 6.92 Å². The first-order valence-corrected chi connectivity index (χ1v) is 6.03. The molecule has 2 aromatic rings. The molecule has 2 rings (SSSR count). The van der Waals surface area contributed by atoms with Gasteiger partial charge in [-0.15, -0.1) is 0 Å².